The summed E-state index contributed by atoms with van der Waals surface area (Å²) < 4.78 is 5.60. The first-order valence-electron chi connectivity index (χ1n) is 8.10. The highest BCUT2D eigenvalue weighted by atomic mass is 16.4. The van der Waals surface area contributed by atoms with Crippen molar-refractivity contribution in [3.8, 4) is 40.1 Å². The van der Waals surface area contributed by atoms with Gasteiger partial charge in [0, 0.05) is 17.2 Å². The first-order valence-corrected chi connectivity index (χ1v) is 8.10. The van der Waals surface area contributed by atoms with E-state index in [1.165, 1.54) is 12.1 Å². The van der Waals surface area contributed by atoms with Crippen LogP contribution in [0.3, 0.4) is 0 Å². The van der Waals surface area contributed by atoms with Gasteiger partial charge in [0.1, 0.15) is 5.58 Å². The van der Waals surface area contributed by atoms with Crippen LogP contribution in [0.4, 0.5) is 0 Å². The highest BCUT2D eigenvalue weighted by Crippen LogP contribution is 2.41. The van der Waals surface area contributed by atoms with Crippen LogP contribution in [0.2, 0.25) is 0 Å². The summed E-state index contributed by atoms with van der Waals surface area (Å²) in [4.78, 5) is 12.5. The third kappa shape index (κ3) is 3.15. The van der Waals surface area contributed by atoms with Gasteiger partial charge in [0.25, 0.3) is 0 Å². The molecule has 1 heterocycles. The molecule has 0 saturated carbocycles. The molecule has 1 aromatic heterocycles. The Morgan fingerprint density at radius 3 is 2.30 bits per heavy atom. The molecule has 0 aliphatic heterocycles. The first kappa shape index (κ1) is 18.2. The lowest BCUT2D eigenvalue weighted by atomic mass is 9.98. The summed E-state index contributed by atoms with van der Waals surface area (Å²) >= 11 is 0. The minimum atomic E-state index is -0.803. The Labute approximate surface area is 153 Å². The maximum Gasteiger partial charge on any atom is 0.235 e. The van der Waals surface area contributed by atoms with Crippen molar-refractivity contribution in [2.24, 2.45) is 0 Å². The van der Waals surface area contributed by atoms with E-state index >= 15 is 0 Å². The van der Waals surface area contributed by atoms with E-state index in [1.54, 1.807) is 6.08 Å². The van der Waals surface area contributed by atoms with Gasteiger partial charge in [-0.2, -0.15) is 0 Å². The van der Waals surface area contributed by atoms with Gasteiger partial charge in [-0.25, -0.2) is 0 Å². The second-order valence-corrected chi connectivity index (χ2v) is 6.39. The largest absolute Gasteiger partial charge is 0.504 e. The van der Waals surface area contributed by atoms with Gasteiger partial charge in [0.2, 0.25) is 11.2 Å². The summed E-state index contributed by atoms with van der Waals surface area (Å²) in [6.07, 6.45) is 2.03. The maximum absolute atomic E-state index is 12.5. The van der Waals surface area contributed by atoms with Crippen molar-refractivity contribution in [2.45, 2.75) is 20.3 Å². The van der Waals surface area contributed by atoms with E-state index in [2.05, 4.69) is 0 Å². The Morgan fingerprint density at radius 2 is 1.63 bits per heavy atom. The average molecular weight is 370 g/mol. The molecule has 7 heteroatoms. The third-order valence-corrected chi connectivity index (χ3v) is 4.18. The molecule has 0 spiro atoms. The van der Waals surface area contributed by atoms with Crippen molar-refractivity contribution in [3.63, 3.8) is 0 Å². The summed E-state index contributed by atoms with van der Waals surface area (Å²) in [6.45, 7) is 3.73. The fourth-order valence-electron chi connectivity index (χ4n) is 2.74. The molecule has 2 aromatic carbocycles. The molecule has 0 aliphatic rings. The smallest absolute Gasteiger partial charge is 0.235 e. The Bertz CT molecular complexity index is 1140. The van der Waals surface area contributed by atoms with Crippen molar-refractivity contribution in [1.82, 2.24) is 0 Å². The fraction of sp³-hybridized carbons (Fsp3) is 0.150. The molecule has 140 valence electrons. The van der Waals surface area contributed by atoms with Crippen LogP contribution in [0, 0.1) is 0 Å². The number of phenolic OH excluding ortho intramolecular Hbond substituents is 4. The SMILES string of the molecule is CC(C)=CCc1c(-c2oc3cc(O)c(O)cc3c(=O)c2O)ccc(O)c1O. The van der Waals surface area contributed by atoms with Crippen molar-refractivity contribution >= 4 is 11.0 Å². The van der Waals surface area contributed by atoms with Gasteiger partial charge in [-0.05, 0) is 38.5 Å². The van der Waals surface area contributed by atoms with Gasteiger partial charge in [-0.3, -0.25) is 4.79 Å². The van der Waals surface area contributed by atoms with Crippen molar-refractivity contribution < 1.29 is 29.9 Å². The molecule has 0 unspecified atom stereocenters. The summed E-state index contributed by atoms with van der Waals surface area (Å²) in [6, 6.07) is 4.69. The van der Waals surface area contributed by atoms with Gasteiger partial charge in [-0.1, -0.05) is 11.6 Å². The molecule has 5 N–H and O–H groups in total. The molecular formula is C20H18O7. The molecule has 0 saturated heterocycles. The number of rotatable bonds is 3. The number of hydrogen-bond acceptors (Lipinski definition) is 7. The Hall–Kier alpha value is -3.61. The normalized spacial score (nSPS) is 10.9. The molecule has 3 rings (SSSR count). The molecular weight excluding hydrogens is 352 g/mol. The summed E-state index contributed by atoms with van der Waals surface area (Å²) in [5.74, 6) is -2.67. The summed E-state index contributed by atoms with van der Waals surface area (Å²) in [5, 5.41) is 49.6. The molecule has 0 fully saturated rings. The van der Waals surface area contributed by atoms with E-state index in [9.17, 15) is 30.3 Å². The van der Waals surface area contributed by atoms with Crippen LogP contribution in [-0.2, 0) is 6.42 Å². The predicted molar refractivity (Wildman–Crippen MR) is 99.4 cm³/mol. The quantitative estimate of drug-likeness (QED) is 0.352. The van der Waals surface area contributed by atoms with E-state index in [4.69, 9.17) is 4.42 Å². The van der Waals surface area contributed by atoms with Crippen LogP contribution < -0.4 is 5.43 Å². The first-order chi connectivity index (χ1) is 12.7. The molecule has 0 atom stereocenters. The summed E-state index contributed by atoms with van der Waals surface area (Å²) in [7, 11) is 0. The van der Waals surface area contributed by atoms with Crippen molar-refractivity contribution in [3.05, 3.63) is 51.7 Å². The number of fused-ring (bicyclic) bond motifs is 1. The average Bonchev–Trinajstić information content (AvgIpc) is 2.61. The van der Waals surface area contributed by atoms with E-state index < -0.39 is 22.7 Å². The van der Waals surface area contributed by atoms with E-state index in [1.807, 2.05) is 13.8 Å². The fourth-order valence-corrected chi connectivity index (χ4v) is 2.74. The lowest BCUT2D eigenvalue weighted by Crippen LogP contribution is -2.03. The van der Waals surface area contributed by atoms with E-state index in [0.29, 0.717) is 0 Å². The van der Waals surface area contributed by atoms with Gasteiger partial charge in [-0.15, -0.1) is 0 Å². The van der Waals surface area contributed by atoms with Gasteiger partial charge >= 0.3 is 0 Å². The molecule has 27 heavy (non-hydrogen) atoms. The van der Waals surface area contributed by atoms with Gasteiger partial charge < -0.3 is 29.9 Å². The monoisotopic (exact) mass is 370 g/mol. The topological polar surface area (TPSA) is 131 Å². The zero-order valence-electron chi connectivity index (χ0n) is 14.6. The second kappa shape index (κ2) is 6.60. The van der Waals surface area contributed by atoms with Crippen LogP contribution in [0.15, 0.2) is 45.1 Å². The van der Waals surface area contributed by atoms with E-state index in [-0.39, 0.29) is 45.8 Å². The molecule has 0 radical (unpaired) electrons. The van der Waals surface area contributed by atoms with Crippen LogP contribution in [0.5, 0.6) is 28.7 Å². The van der Waals surface area contributed by atoms with Crippen molar-refractivity contribution in [1.29, 1.82) is 0 Å². The molecule has 3 aromatic rings. The zero-order chi connectivity index (χ0) is 19.9. The second-order valence-electron chi connectivity index (χ2n) is 6.39. The van der Waals surface area contributed by atoms with E-state index in [0.717, 1.165) is 17.7 Å². The van der Waals surface area contributed by atoms with Gasteiger partial charge in [0.05, 0.1) is 5.39 Å². The number of benzene rings is 2. The Kier molecular flexibility index (Phi) is 4.45. The van der Waals surface area contributed by atoms with Crippen LogP contribution in [0.1, 0.15) is 19.4 Å². The number of phenols is 4. The summed E-state index contributed by atoms with van der Waals surface area (Å²) in [5.41, 5.74) is 0.586. The number of allylic oxidation sites excluding steroid dienone is 2. The highest BCUT2D eigenvalue weighted by Gasteiger charge is 2.22. The molecule has 0 aliphatic carbocycles. The van der Waals surface area contributed by atoms with Crippen LogP contribution in [-0.4, -0.2) is 25.5 Å². The minimum Gasteiger partial charge on any atom is -0.504 e. The lowest BCUT2D eigenvalue weighted by molar-refractivity contribution is 0.399. The maximum atomic E-state index is 12.5. The third-order valence-electron chi connectivity index (χ3n) is 4.18. The Morgan fingerprint density at radius 1 is 0.963 bits per heavy atom. The highest BCUT2D eigenvalue weighted by molar-refractivity contribution is 5.85. The van der Waals surface area contributed by atoms with Crippen LogP contribution >= 0.6 is 0 Å². The van der Waals surface area contributed by atoms with Crippen molar-refractivity contribution in [2.75, 3.05) is 0 Å². The molecule has 0 bridgehead atoms. The minimum absolute atomic E-state index is 0.0520. The predicted octanol–water partition coefficient (Wildman–Crippen LogP) is 3.50. The standard InChI is InChI=1S/C20H18O7/c1-9(2)3-4-10-11(5-6-13(21)17(10)24)20-19(26)18(25)12-7-14(22)15(23)8-16(12)27-20/h3,5-8,21-24,26H,4H2,1-2H3. The molecule has 7 nitrogen and oxygen atoms in total. The molecule has 0 amide bonds. The lowest BCUT2D eigenvalue weighted by Gasteiger charge is -2.13. The number of hydrogen-bond donors (Lipinski definition) is 5. The zero-order valence-corrected chi connectivity index (χ0v) is 14.6. The number of aromatic hydroxyl groups is 5. The van der Waals surface area contributed by atoms with Crippen LogP contribution in [0.25, 0.3) is 22.3 Å². The van der Waals surface area contributed by atoms with Gasteiger partial charge in [0.15, 0.2) is 28.8 Å². The Balaban J connectivity index is 2.34.